The minimum Gasteiger partial charge on any atom is -0.380 e. The van der Waals surface area contributed by atoms with Crippen LogP contribution in [0.1, 0.15) is 55.0 Å². The fourth-order valence-corrected chi connectivity index (χ4v) is 5.28. The average molecular weight is 452 g/mol. The van der Waals surface area contributed by atoms with Crippen LogP contribution >= 0.6 is 0 Å². The number of anilines is 1. The van der Waals surface area contributed by atoms with Gasteiger partial charge in [-0.1, -0.05) is 5.16 Å². The summed E-state index contributed by atoms with van der Waals surface area (Å²) in [5.74, 6) is 1.99. The monoisotopic (exact) mass is 451 g/mol. The molecule has 0 bridgehead atoms. The van der Waals surface area contributed by atoms with Crippen LogP contribution in [-0.4, -0.2) is 53.5 Å². The zero-order chi connectivity index (χ0) is 22.5. The van der Waals surface area contributed by atoms with Gasteiger partial charge in [-0.25, -0.2) is 9.37 Å². The zero-order valence-corrected chi connectivity index (χ0v) is 19.2. The fraction of sp³-hybridized carbons (Fsp3) is 0.560. The van der Waals surface area contributed by atoms with Crippen LogP contribution in [0.3, 0.4) is 0 Å². The van der Waals surface area contributed by atoms with Gasteiger partial charge >= 0.3 is 0 Å². The van der Waals surface area contributed by atoms with Crippen molar-refractivity contribution in [1.29, 1.82) is 0 Å². The van der Waals surface area contributed by atoms with Crippen LogP contribution < -0.4 is 10.2 Å². The van der Waals surface area contributed by atoms with Gasteiger partial charge in [0.15, 0.2) is 5.82 Å². The van der Waals surface area contributed by atoms with E-state index in [0.29, 0.717) is 35.2 Å². The minimum absolute atomic E-state index is 0.246. The lowest BCUT2D eigenvalue weighted by molar-refractivity contribution is 0.186. The molecule has 8 heteroatoms. The Morgan fingerprint density at radius 3 is 2.52 bits per heavy atom. The second kappa shape index (κ2) is 8.33. The van der Waals surface area contributed by atoms with Crippen LogP contribution in [0.2, 0.25) is 0 Å². The lowest BCUT2D eigenvalue weighted by Gasteiger charge is -2.35. The van der Waals surface area contributed by atoms with Crippen LogP contribution in [0.5, 0.6) is 0 Å². The summed E-state index contributed by atoms with van der Waals surface area (Å²) in [5, 5.41) is 8.59. The van der Waals surface area contributed by atoms with Crippen molar-refractivity contribution >= 4 is 16.7 Å². The normalized spacial score (nSPS) is 21.9. The highest BCUT2D eigenvalue weighted by molar-refractivity contribution is 5.93. The molecule has 1 N–H and O–H groups in total. The van der Waals surface area contributed by atoms with E-state index in [2.05, 4.69) is 26.4 Å². The van der Waals surface area contributed by atoms with E-state index in [0.717, 1.165) is 86.3 Å². The van der Waals surface area contributed by atoms with Gasteiger partial charge in [-0.05, 0) is 75.1 Å². The molecule has 0 amide bonds. The van der Waals surface area contributed by atoms with Gasteiger partial charge in [0.2, 0.25) is 0 Å². The molecular formula is C25H30FN5O2. The van der Waals surface area contributed by atoms with Gasteiger partial charge in [0.1, 0.15) is 17.2 Å². The van der Waals surface area contributed by atoms with Crippen LogP contribution in [0.4, 0.5) is 10.2 Å². The largest absolute Gasteiger partial charge is 0.380 e. The molecule has 3 fully saturated rings. The molecule has 0 unspecified atom stereocenters. The van der Waals surface area contributed by atoms with Crippen LogP contribution in [0.15, 0.2) is 16.7 Å². The van der Waals surface area contributed by atoms with Crippen molar-refractivity contribution in [1.82, 2.24) is 20.4 Å². The van der Waals surface area contributed by atoms with Gasteiger partial charge in [-0.3, -0.25) is 0 Å². The van der Waals surface area contributed by atoms with Gasteiger partial charge in [0.25, 0.3) is 5.89 Å². The lowest BCUT2D eigenvalue weighted by Crippen LogP contribution is -2.46. The van der Waals surface area contributed by atoms with Crippen molar-refractivity contribution < 1.29 is 13.7 Å². The van der Waals surface area contributed by atoms with Crippen LogP contribution in [-0.2, 0) is 4.74 Å². The Labute approximate surface area is 192 Å². The molecule has 1 aliphatic carbocycles. The molecule has 7 nitrogen and oxygen atoms in total. The number of nitrogens with zero attached hydrogens (tertiary/aromatic N) is 4. The molecule has 1 atom stereocenters. The number of aryl methyl sites for hydroxylation is 2. The van der Waals surface area contributed by atoms with E-state index < -0.39 is 0 Å². The van der Waals surface area contributed by atoms with E-state index in [1.54, 1.807) is 6.07 Å². The van der Waals surface area contributed by atoms with Gasteiger partial charge in [0, 0.05) is 37.2 Å². The summed E-state index contributed by atoms with van der Waals surface area (Å²) in [4.78, 5) is 11.6. The minimum atomic E-state index is -0.246. The van der Waals surface area contributed by atoms with Crippen LogP contribution in [0.25, 0.3) is 22.4 Å². The molecule has 0 radical (unpaired) electrons. The standard InChI is InChI=1S/C25H30FN5O2/c1-14-20-11-17(16-3-4-16)12-21(26)23(20)29-24(22(14)25-27-15(2)30-33-25)31-8-5-18(6-9-31)28-19-7-10-32-13-19/h11-12,16,18-19,28H,3-10,13H2,1-2H3/t19-/m0/s1. The van der Waals surface area contributed by atoms with Crippen molar-refractivity contribution in [3.63, 3.8) is 0 Å². The van der Waals surface area contributed by atoms with Crippen molar-refractivity contribution in [3.05, 3.63) is 34.9 Å². The van der Waals surface area contributed by atoms with E-state index in [4.69, 9.17) is 14.2 Å². The molecule has 1 saturated carbocycles. The van der Waals surface area contributed by atoms with E-state index in [1.807, 2.05) is 13.8 Å². The molecule has 2 aromatic heterocycles. The number of pyridine rings is 1. The Morgan fingerprint density at radius 2 is 1.85 bits per heavy atom. The summed E-state index contributed by atoms with van der Waals surface area (Å²) in [7, 11) is 0. The first-order chi connectivity index (χ1) is 16.1. The molecule has 174 valence electrons. The first-order valence-corrected chi connectivity index (χ1v) is 12.1. The summed E-state index contributed by atoms with van der Waals surface area (Å²) in [5.41, 5.74) is 3.26. The first-order valence-electron chi connectivity index (χ1n) is 12.1. The number of piperidine rings is 1. The smallest absolute Gasteiger partial charge is 0.261 e. The van der Waals surface area contributed by atoms with Gasteiger partial charge in [-0.2, -0.15) is 4.98 Å². The van der Waals surface area contributed by atoms with E-state index in [1.165, 1.54) is 0 Å². The highest BCUT2D eigenvalue weighted by Gasteiger charge is 2.30. The highest BCUT2D eigenvalue weighted by atomic mass is 19.1. The first kappa shape index (κ1) is 21.0. The third-order valence-corrected chi connectivity index (χ3v) is 7.29. The van der Waals surface area contributed by atoms with Crippen molar-refractivity contribution in [2.24, 2.45) is 0 Å². The molecule has 1 aromatic carbocycles. The molecule has 3 aromatic rings. The topological polar surface area (TPSA) is 76.3 Å². The van der Waals surface area contributed by atoms with Crippen LogP contribution in [0, 0.1) is 19.7 Å². The summed E-state index contributed by atoms with van der Waals surface area (Å²) >= 11 is 0. The maximum atomic E-state index is 15.2. The number of hydrogen-bond acceptors (Lipinski definition) is 7. The van der Waals surface area contributed by atoms with E-state index >= 15 is 4.39 Å². The Balaban J connectivity index is 1.37. The van der Waals surface area contributed by atoms with Gasteiger partial charge in [-0.15, -0.1) is 0 Å². The van der Waals surface area contributed by atoms with E-state index in [-0.39, 0.29) is 5.82 Å². The highest BCUT2D eigenvalue weighted by Crippen LogP contribution is 2.43. The van der Waals surface area contributed by atoms with Gasteiger partial charge < -0.3 is 19.5 Å². The third kappa shape index (κ3) is 3.99. The number of nitrogens with one attached hydrogen (secondary N) is 1. The Kier molecular flexibility index (Phi) is 5.30. The molecule has 0 spiro atoms. The zero-order valence-electron chi connectivity index (χ0n) is 19.2. The molecule has 6 rings (SSSR count). The fourth-order valence-electron chi connectivity index (χ4n) is 5.28. The Hall–Kier alpha value is -2.58. The molecule has 2 aliphatic heterocycles. The number of ether oxygens (including phenoxy) is 1. The lowest BCUT2D eigenvalue weighted by atomic mass is 9.98. The SMILES string of the molecule is Cc1noc(-c2c(N3CCC(N[C@H]4CCOC4)CC3)nc3c(F)cc(C4CC4)cc3c2C)n1. The maximum Gasteiger partial charge on any atom is 0.261 e. The number of aromatic nitrogens is 3. The molecule has 4 heterocycles. The van der Waals surface area contributed by atoms with Crippen molar-refractivity contribution in [3.8, 4) is 11.5 Å². The summed E-state index contributed by atoms with van der Waals surface area (Å²) < 4.78 is 26.3. The number of rotatable bonds is 5. The third-order valence-electron chi connectivity index (χ3n) is 7.29. The van der Waals surface area contributed by atoms with Crippen molar-refractivity contribution in [2.45, 2.75) is 64.0 Å². The number of hydrogen-bond donors (Lipinski definition) is 1. The van der Waals surface area contributed by atoms with Gasteiger partial charge in [0.05, 0.1) is 12.2 Å². The quantitative estimate of drug-likeness (QED) is 0.621. The molecule has 2 saturated heterocycles. The molecule has 33 heavy (non-hydrogen) atoms. The van der Waals surface area contributed by atoms with E-state index in [9.17, 15) is 0 Å². The second-order valence-corrected chi connectivity index (χ2v) is 9.74. The number of halogens is 1. The summed E-state index contributed by atoms with van der Waals surface area (Å²) in [6, 6.07) is 4.69. The second-order valence-electron chi connectivity index (χ2n) is 9.74. The maximum absolute atomic E-state index is 15.2. The number of fused-ring (bicyclic) bond motifs is 1. The molecular weight excluding hydrogens is 421 g/mol. The Morgan fingerprint density at radius 1 is 1.03 bits per heavy atom. The number of benzene rings is 1. The summed E-state index contributed by atoms with van der Waals surface area (Å²) in [6.45, 7) is 7.15. The summed E-state index contributed by atoms with van der Waals surface area (Å²) in [6.07, 6.45) is 5.33. The predicted octanol–water partition coefficient (Wildman–Crippen LogP) is 4.27. The van der Waals surface area contributed by atoms with Crippen molar-refractivity contribution in [2.75, 3.05) is 31.2 Å². The average Bonchev–Trinajstić information content (AvgIpc) is 3.38. The predicted molar refractivity (Wildman–Crippen MR) is 124 cm³/mol. The Bertz CT molecular complexity index is 1180. The molecule has 3 aliphatic rings.